The third kappa shape index (κ3) is 5.00. The van der Waals surface area contributed by atoms with E-state index in [-0.39, 0.29) is 25.2 Å². The van der Waals surface area contributed by atoms with E-state index in [2.05, 4.69) is 5.48 Å². The predicted molar refractivity (Wildman–Crippen MR) is 74.4 cm³/mol. The zero-order valence-electron chi connectivity index (χ0n) is 11.1. The first-order valence-corrected chi connectivity index (χ1v) is 7.07. The van der Waals surface area contributed by atoms with E-state index in [1.165, 1.54) is 0 Å². The molecule has 0 spiro atoms. The summed E-state index contributed by atoms with van der Waals surface area (Å²) >= 11 is 5.94. The molecule has 1 atom stereocenters. The van der Waals surface area contributed by atoms with Crippen molar-refractivity contribution in [3.63, 3.8) is 0 Å². The van der Waals surface area contributed by atoms with Crippen molar-refractivity contribution in [2.24, 2.45) is 0 Å². The van der Waals surface area contributed by atoms with Crippen molar-refractivity contribution in [1.82, 2.24) is 5.48 Å². The molecule has 1 heterocycles. The Hall–Kier alpha value is -1.30. The first-order chi connectivity index (χ1) is 9.75. The molecule has 1 N–H and O–H groups in total. The van der Waals surface area contributed by atoms with Gasteiger partial charge in [-0.05, 0) is 25.0 Å². The SMILES string of the molecule is O=C(CCOc1ccccc1Cl)NO[C@@H]1CCCCO1. The number of para-hydroxylation sites is 1. The van der Waals surface area contributed by atoms with Gasteiger partial charge in [-0.25, -0.2) is 10.3 Å². The first kappa shape index (κ1) is 15.1. The van der Waals surface area contributed by atoms with Gasteiger partial charge in [0.1, 0.15) is 5.75 Å². The Bertz CT molecular complexity index is 435. The molecule has 0 aromatic heterocycles. The van der Waals surface area contributed by atoms with E-state index < -0.39 is 0 Å². The lowest BCUT2D eigenvalue weighted by Crippen LogP contribution is -2.33. The van der Waals surface area contributed by atoms with Crippen LogP contribution in [0.3, 0.4) is 0 Å². The van der Waals surface area contributed by atoms with E-state index in [1.807, 2.05) is 12.1 Å². The summed E-state index contributed by atoms with van der Waals surface area (Å²) in [7, 11) is 0. The molecule has 1 saturated heterocycles. The number of ether oxygens (including phenoxy) is 2. The highest BCUT2D eigenvalue weighted by molar-refractivity contribution is 6.32. The monoisotopic (exact) mass is 299 g/mol. The van der Waals surface area contributed by atoms with Gasteiger partial charge in [-0.1, -0.05) is 23.7 Å². The van der Waals surface area contributed by atoms with E-state index in [1.54, 1.807) is 12.1 Å². The highest BCUT2D eigenvalue weighted by atomic mass is 35.5. The van der Waals surface area contributed by atoms with Gasteiger partial charge in [0.2, 0.25) is 5.91 Å². The van der Waals surface area contributed by atoms with Crippen molar-refractivity contribution in [3.05, 3.63) is 29.3 Å². The number of halogens is 1. The van der Waals surface area contributed by atoms with Gasteiger partial charge in [-0.2, -0.15) is 0 Å². The molecule has 6 heteroatoms. The average molecular weight is 300 g/mol. The number of hydroxylamine groups is 1. The van der Waals surface area contributed by atoms with Crippen molar-refractivity contribution in [2.75, 3.05) is 13.2 Å². The van der Waals surface area contributed by atoms with Crippen LogP contribution in [0, 0.1) is 0 Å². The fraction of sp³-hybridized carbons (Fsp3) is 0.500. The maximum absolute atomic E-state index is 11.6. The largest absolute Gasteiger partial charge is 0.491 e. The lowest BCUT2D eigenvalue weighted by atomic mass is 10.2. The topological polar surface area (TPSA) is 56.8 Å². The molecule has 1 aromatic carbocycles. The van der Waals surface area contributed by atoms with E-state index in [4.69, 9.17) is 25.9 Å². The Morgan fingerprint density at radius 3 is 3.00 bits per heavy atom. The molecule has 1 amide bonds. The summed E-state index contributed by atoms with van der Waals surface area (Å²) < 4.78 is 10.8. The molecule has 1 aliphatic heterocycles. The van der Waals surface area contributed by atoms with E-state index >= 15 is 0 Å². The summed E-state index contributed by atoms with van der Waals surface area (Å²) in [5.41, 5.74) is 2.38. The third-order valence-electron chi connectivity index (χ3n) is 2.87. The Morgan fingerprint density at radius 1 is 1.40 bits per heavy atom. The quantitative estimate of drug-likeness (QED) is 0.821. The molecule has 1 fully saturated rings. The average Bonchev–Trinajstić information content (AvgIpc) is 2.48. The molecule has 20 heavy (non-hydrogen) atoms. The number of hydrogen-bond donors (Lipinski definition) is 1. The molecule has 1 aliphatic rings. The zero-order chi connectivity index (χ0) is 14.2. The molecule has 0 aliphatic carbocycles. The minimum atomic E-state index is -0.336. The number of hydrogen-bond acceptors (Lipinski definition) is 4. The Morgan fingerprint density at radius 2 is 2.25 bits per heavy atom. The van der Waals surface area contributed by atoms with Crippen LogP contribution in [0.25, 0.3) is 0 Å². The van der Waals surface area contributed by atoms with Gasteiger partial charge in [-0.3, -0.25) is 4.79 Å². The molecule has 0 unspecified atom stereocenters. The number of rotatable bonds is 6. The van der Waals surface area contributed by atoms with Gasteiger partial charge in [0, 0.05) is 13.0 Å². The summed E-state index contributed by atoms with van der Waals surface area (Å²) in [6, 6.07) is 7.14. The molecule has 0 bridgehead atoms. The second-order valence-corrected chi connectivity index (χ2v) is 4.88. The van der Waals surface area contributed by atoms with Crippen LogP contribution in [0.15, 0.2) is 24.3 Å². The molecule has 5 nitrogen and oxygen atoms in total. The van der Waals surface area contributed by atoms with Gasteiger partial charge >= 0.3 is 0 Å². The Balaban J connectivity index is 1.61. The van der Waals surface area contributed by atoms with Gasteiger partial charge in [0.05, 0.1) is 18.1 Å². The van der Waals surface area contributed by atoms with Crippen molar-refractivity contribution >= 4 is 17.5 Å². The van der Waals surface area contributed by atoms with E-state index in [0.29, 0.717) is 17.4 Å². The highest BCUT2D eigenvalue weighted by Gasteiger charge is 2.15. The first-order valence-electron chi connectivity index (χ1n) is 6.69. The lowest BCUT2D eigenvalue weighted by Gasteiger charge is -2.22. The van der Waals surface area contributed by atoms with Crippen LogP contribution in [0.1, 0.15) is 25.7 Å². The van der Waals surface area contributed by atoms with Crippen molar-refractivity contribution < 1.29 is 19.1 Å². The Labute approximate surface area is 123 Å². The number of amides is 1. The predicted octanol–water partition coefficient (Wildman–Crippen LogP) is 2.68. The smallest absolute Gasteiger partial charge is 0.247 e. The van der Waals surface area contributed by atoms with Crippen LogP contribution in [-0.4, -0.2) is 25.4 Å². The third-order valence-corrected chi connectivity index (χ3v) is 3.18. The summed E-state index contributed by atoms with van der Waals surface area (Å²) in [5, 5.41) is 0.528. The maximum atomic E-state index is 11.6. The summed E-state index contributed by atoms with van der Waals surface area (Å²) in [4.78, 5) is 16.7. The van der Waals surface area contributed by atoms with E-state index in [9.17, 15) is 4.79 Å². The van der Waals surface area contributed by atoms with Gasteiger partial charge in [0.25, 0.3) is 0 Å². The summed E-state index contributed by atoms with van der Waals surface area (Å²) in [5.74, 6) is 0.324. The number of nitrogens with one attached hydrogen (secondary N) is 1. The van der Waals surface area contributed by atoms with Crippen LogP contribution in [-0.2, 0) is 14.4 Å². The second kappa shape index (κ2) is 8.09. The van der Waals surface area contributed by atoms with Gasteiger partial charge in [0.15, 0.2) is 6.29 Å². The van der Waals surface area contributed by atoms with Crippen LogP contribution in [0.2, 0.25) is 5.02 Å². The minimum Gasteiger partial charge on any atom is -0.491 e. The fourth-order valence-corrected chi connectivity index (χ4v) is 1.99. The van der Waals surface area contributed by atoms with Crippen molar-refractivity contribution in [1.29, 1.82) is 0 Å². The van der Waals surface area contributed by atoms with E-state index in [0.717, 1.165) is 19.3 Å². The number of carbonyl (C=O) groups excluding carboxylic acids is 1. The molecule has 1 aromatic rings. The Kier molecular flexibility index (Phi) is 6.11. The zero-order valence-corrected chi connectivity index (χ0v) is 11.9. The molecule has 110 valence electrons. The lowest BCUT2D eigenvalue weighted by molar-refractivity contribution is -0.200. The molecular formula is C14H18ClNO4. The molecular weight excluding hydrogens is 282 g/mol. The summed E-state index contributed by atoms with van der Waals surface area (Å²) in [6.07, 6.45) is 2.75. The fourth-order valence-electron chi connectivity index (χ4n) is 1.80. The van der Waals surface area contributed by atoms with Crippen LogP contribution >= 0.6 is 11.6 Å². The van der Waals surface area contributed by atoms with Crippen molar-refractivity contribution in [2.45, 2.75) is 32.0 Å². The van der Waals surface area contributed by atoms with Crippen molar-refractivity contribution in [3.8, 4) is 5.75 Å². The van der Waals surface area contributed by atoms with Crippen LogP contribution in [0.4, 0.5) is 0 Å². The standard InChI is InChI=1S/C14H18ClNO4/c15-11-5-1-2-6-12(11)18-10-8-13(17)16-20-14-7-3-4-9-19-14/h1-2,5-6,14H,3-4,7-10H2,(H,16,17)/t14-/m1/s1. The van der Waals surface area contributed by atoms with Crippen LogP contribution in [0.5, 0.6) is 5.75 Å². The number of benzene rings is 1. The minimum absolute atomic E-state index is 0.192. The van der Waals surface area contributed by atoms with Gasteiger partial charge in [-0.15, -0.1) is 0 Å². The van der Waals surface area contributed by atoms with Crippen LogP contribution < -0.4 is 10.2 Å². The second-order valence-electron chi connectivity index (χ2n) is 4.47. The number of carbonyl (C=O) groups is 1. The van der Waals surface area contributed by atoms with Gasteiger partial charge < -0.3 is 9.47 Å². The summed E-state index contributed by atoms with van der Waals surface area (Å²) in [6.45, 7) is 0.917. The maximum Gasteiger partial charge on any atom is 0.247 e. The molecule has 0 radical (unpaired) electrons. The normalized spacial score (nSPS) is 18.6. The molecule has 2 rings (SSSR count). The highest BCUT2D eigenvalue weighted by Crippen LogP contribution is 2.23. The molecule has 0 saturated carbocycles.